The molecule has 2 aromatic heterocycles. The first kappa shape index (κ1) is 22.7. The van der Waals surface area contributed by atoms with Crippen LogP contribution in [0.15, 0.2) is 65.4 Å². The fourth-order valence-electron chi connectivity index (χ4n) is 3.73. The van der Waals surface area contributed by atoms with Crippen LogP contribution < -0.4 is 5.32 Å². The minimum atomic E-state index is -0.318. The van der Waals surface area contributed by atoms with Crippen LogP contribution in [0.5, 0.6) is 0 Å². The van der Waals surface area contributed by atoms with Crippen LogP contribution >= 0.6 is 0 Å². The maximum absolute atomic E-state index is 14.3. The molecule has 1 amide bonds. The second-order valence-corrected chi connectivity index (χ2v) is 7.79. The van der Waals surface area contributed by atoms with Crippen LogP contribution in [0.4, 0.5) is 4.39 Å². The molecule has 2 N–H and O–H groups in total. The molecule has 0 spiro atoms. The summed E-state index contributed by atoms with van der Waals surface area (Å²) in [6, 6.07) is 14.9. The van der Waals surface area contributed by atoms with Gasteiger partial charge in [-0.15, -0.1) is 0 Å². The van der Waals surface area contributed by atoms with Crippen molar-refractivity contribution in [2.24, 2.45) is 0 Å². The Morgan fingerprint density at radius 3 is 2.82 bits per heavy atom. The van der Waals surface area contributed by atoms with E-state index in [1.807, 2.05) is 30.5 Å². The number of fused-ring (bicyclic) bond motifs is 1. The third kappa shape index (κ3) is 5.85. The van der Waals surface area contributed by atoms with Crippen molar-refractivity contribution >= 4 is 16.8 Å². The molecule has 2 heterocycles. The van der Waals surface area contributed by atoms with Crippen LogP contribution in [0.3, 0.4) is 0 Å². The van der Waals surface area contributed by atoms with Crippen molar-refractivity contribution in [3.05, 3.63) is 89.5 Å². The molecule has 2 aromatic carbocycles. The van der Waals surface area contributed by atoms with Gasteiger partial charge in [0.1, 0.15) is 12.1 Å². The van der Waals surface area contributed by atoms with E-state index in [1.165, 1.54) is 23.3 Å². The summed E-state index contributed by atoms with van der Waals surface area (Å²) >= 11 is 0. The van der Waals surface area contributed by atoms with Gasteiger partial charge in [0.25, 0.3) is 5.91 Å². The van der Waals surface area contributed by atoms with E-state index in [0.717, 1.165) is 11.9 Å². The van der Waals surface area contributed by atoms with Crippen LogP contribution in [0.1, 0.15) is 27.5 Å². The number of methoxy groups -OCH3 is 1. The highest BCUT2D eigenvalue weighted by Crippen LogP contribution is 2.20. The quantitative estimate of drug-likeness (QED) is 0.339. The molecule has 0 saturated carbocycles. The monoisotopic (exact) mass is 450 g/mol. The number of hydrogen-bond acceptors (Lipinski definition) is 5. The largest absolute Gasteiger partial charge is 0.447 e. The molecule has 8 heteroatoms. The molecule has 0 unspecified atom stereocenters. The number of nitrogens with zero attached hydrogens (tertiary/aromatic N) is 2. The Kier molecular flexibility index (Phi) is 7.49. The minimum absolute atomic E-state index is 0.212. The van der Waals surface area contributed by atoms with Crippen molar-refractivity contribution in [2.75, 3.05) is 26.8 Å². The van der Waals surface area contributed by atoms with Crippen molar-refractivity contribution in [3.63, 3.8) is 0 Å². The first-order valence-corrected chi connectivity index (χ1v) is 10.9. The number of amides is 1. The summed E-state index contributed by atoms with van der Waals surface area (Å²) in [5, 5.41) is 3.90. The van der Waals surface area contributed by atoms with E-state index in [-0.39, 0.29) is 17.4 Å². The lowest BCUT2D eigenvalue weighted by Crippen LogP contribution is -2.28. The van der Waals surface area contributed by atoms with Crippen molar-refractivity contribution in [3.8, 4) is 0 Å². The Morgan fingerprint density at radius 2 is 1.97 bits per heavy atom. The lowest BCUT2D eigenvalue weighted by atomic mass is 10.1. The van der Waals surface area contributed by atoms with Gasteiger partial charge < -0.3 is 19.5 Å². The average molecular weight is 451 g/mol. The Balaban J connectivity index is 1.47. The van der Waals surface area contributed by atoms with Gasteiger partial charge in [-0.2, -0.15) is 0 Å². The van der Waals surface area contributed by atoms with Crippen LogP contribution in [0.25, 0.3) is 10.9 Å². The molecule has 0 aliphatic rings. The van der Waals surface area contributed by atoms with Crippen molar-refractivity contribution in [1.82, 2.24) is 20.2 Å². The predicted octanol–water partition coefficient (Wildman–Crippen LogP) is 3.92. The normalized spacial score (nSPS) is 11.4. The second-order valence-electron chi connectivity index (χ2n) is 7.79. The minimum Gasteiger partial charge on any atom is -0.447 e. The van der Waals surface area contributed by atoms with Gasteiger partial charge in [0.05, 0.1) is 13.2 Å². The highest BCUT2D eigenvalue weighted by atomic mass is 19.1. The predicted molar refractivity (Wildman–Crippen MR) is 123 cm³/mol. The van der Waals surface area contributed by atoms with E-state index in [1.54, 1.807) is 19.2 Å². The molecule has 0 bridgehead atoms. The zero-order valence-electron chi connectivity index (χ0n) is 18.5. The second kappa shape index (κ2) is 10.9. The zero-order valence-corrected chi connectivity index (χ0v) is 18.5. The number of nitrogens with one attached hydrogen (secondary N) is 2. The molecule has 33 heavy (non-hydrogen) atoms. The smallest absolute Gasteiger partial charge is 0.273 e. The van der Waals surface area contributed by atoms with E-state index >= 15 is 0 Å². The van der Waals surface area contributed by atoms with Crippen LogP contribution in [-0.4, -0.2) is 47.6 Å². The average Bonchev–Trinajstić information content (AvgIpc) is 3.46. The zero-order chi connectivity index (χ0) is 23.0. The maximum Gasteiger partial charge on any atom is 0.273 e. The number of oxazole rings is 1. The lowest BCUT2D eigenvalue weighted by molar-refractivity contribution is 0.0932. The topological polar surface area (TPSA) is 83.4 Å². The molecule has 4 rings (SSSR count). The van der Waals surface area contributed by atoms with Gasteiger partial charge in [-0.1, -0.05) is 36.4 Å². The van der Waals surface area contributed by atoms with E-state index in [4.69, 9.17) is 9.15 Å². The summed E-state index contributed by atoms with van der Waals surface area (Å²) in [4.78, 5) is 21.9. The SMILES string of the molecule is COCCNC(=O)c1coc(CN(CCc2c[nH]c3ccccc23)Cc2ccccc2F)n1. The van der Waals surface area contributed by atoms with E-state index in [2.05, 4.69) is 26.3 Å². The van der Waals surface area contributed by atoms with Crippen molar-refractivity contribution in [2.45, 2.75) is 19.5 Å². The van der Waals surface area contributed by atoms with E-state index in [0.29, 0.717) is 44.2 Å². The van der Waals surface area contributed by atoms with Crippen LogP contribution in [0.2, 0.25) is 0 Å². The third-order valence-electron chi connectivity index (χ3n) is 5.46. The summed E-state index contributed by atoms with van der Waals surface area (Å²) in [6.45, 7) is 2.21. The van der Waals surface area contributed by atoms with Gasteiger partial charge in [0.2, 0.25) is 5.89 Å². The molecule has 0 saturated heterocycles. The molecule has 0 fully saturated rings. The molecule has 0 radical (unpaired) electrons. The van der Waals surface area contributed by atoms with Gasteiger partial charge in [0, 0.05) is 49.4 Å². The summed E-state index contributed by atoms with van der Waals surface area (Å²) in [7, 11) is 1.57. The highest BCUT2D eigenvalue weighted by Gasteiger charge is 2.17. The first-order valence-electron chi connectivity index (χ1n) is 10.9. The molecule has 0 atom stereocenters. The van der Waals surface area contributed by atoms with Gasteiger partial charge in [-0.25, -0.2) is 9.37 Å². The summed E-state index contributed by atoms with van der Waals surface area (Å²) in [5.41, 5.74) is 3.09. The highest BCUT2D eigenvalue weighted by molar-refractivity contribution is 5.91. The van der Waals surface area contributed by atoms with Crippen molar-refractivity contribution < 1.29 is 18.3 Å². The Labute approximate surface area is 191 Å². The standard InChI is InChI=1S/C25H27FN4O3/c1-32-13-11-27-25(31)23-17-33-24(29-23)16-30(15-19-6-2-4-8-21(19)26)12-10-18-14-28-22-9-5-3-7-20(18)22/h2-9,14,17,28H,10-13,15-16H2,1H3,(H,27,31). The maximum atomic E-state index is 14.3. The summed E-state index contributed by atoms with van der Waals surface area (Å²) < 4.78 is 24.8. The molecular formula is C25H27FN4O3. The third-order valence-corrected chi connectivity index (χ3v) is 5.46. The molecule has 4 aromatic rings. The van der Waals surface area contributed by atoms with Crippen molar-refractivity contribution in [1.29, 1.82) is 0 Å². The number of H-pyrrole nitrogens is 1. The summed E-state index contributed by atoms with van der Waals surface area (Å²) in [6.07, 6.45) is 4.13. The van der Waals surface area contributed by atoms with Gasteiger partial charge >= 0.3 is 0 Å². The number of carbonyl (C=O) groups excluding carboxylic acids is 1. The Morgan fingerprint density at radius 1 is 1.15 bits per heavy atom. The van der Waals surface area contributed by atoms with E-state index in [9.17, 15) is 9.18 Å². The van der Waals surface area contributed by atoms with Gasteiger partial charge in [-0.05, 0) is 24.1 Å². The number of aromatic amines is 1. The number of benzene rings is 2. The number of para-hydroxylation sites is 1. The van der Waals surface area contributed by atoms with Gasteiger partial charge in [-0.3, -0.25) is 9.69 Å². The van der Waals surface area contributed by atoms with E-state index < -0.39 is 0 Å². The fraction of sp³-hybridized carbons (Fsp3) is 0.280. The number of hydrogen-bond donors (Lipinski definition) is 2. The Bertz CT molecular complexity index is 1200. The number of carbonyl (C=O) groups is 1. The molecule has 0 aliphatic carbocycles. The number of rotatable bonds is 11. The van der Waals surface area contributed by atoms with Crippen LogP contribution in [-0.2, 0) is 24.2 Å². The number of halogens is 1. The summed E-state index contributed by atoms with van der Waals surface area (Å²) in [5.74, 6) is -0.163. The molecular weight excluding hydrogens is 423 g/mol. The van der Waals surface area contributed by atoms with Gasteiger partial charge in [0.15, 0.2) is 5.69 Å². The number of aromatic nitrogens is 2. The number of ether oxygens (including phenoxy) is 1. The van der Waals surface area contributed by atoms with Crippen LogP contribution in [0, 0.1) is 5.82 Å². The molecule has 172 valence electrons. The molecule has 0 aliphatic heterocycles. The lowest BCUT2D eigenvalue weighted by Gasteiger charge is -2.21. The Hall–Kier alpha value is -3.49. The fourth-order valence-corrected chi connectivity index (χ4v) is 3.73. The molecule has 7 nitrogen and oxygen atoms in total. The first-order chi connectivity index (χ1) is 16.1.